The van der Waals surface area contributed by atoms with Gasteiger partial charge in [-0.2, -0.15) is 4.99 Å². The maximum Gasteiger partial charge on any atom is 0.279 e. The third-order valence-corrected chi connectivity index (χ3v) is 5.43. The van der Waals surface area contributed by atoms with Crippen LogP contribution >= 0.6 is 22.9 Å². The molecule has 1 aromatic heterocycles. The van der Waals surface area contributed by atoms with E-state index < -0.39 is 0 Å². The number of benzene rings is 3. The molecule has 0 aliphatic heterocycles. The van der Waals surface area contributed by atoms with E-state index in [2.05, 4.69) is 4.99 Å². The Hall–Kier alpha value is -2.43. The van der Waals surface area contributed by atoms with Crippen LogP contribution in [-0.2, 0) is 6.54 Å². The van der Waals surface area contributed by atoms with Gasteiger partial charge >= 0.3 is 0 Å². The van der Waals surface area contributed by atoms with Gasteiger partial charge in [-0.25, -0.2) is 0 Å². The number of aryl methyl sites for hydroxylation is 1. The molecule has 3 nitrogen and oxygen atoms in total. The van der Waals surface area contributed by atoms with E-state index >= 15 is 0 Å². The number of thiazole rings is 1. The molecular weight excluding hydrogens is 352 g/mol. The molecule has 0 bridgehead atoms. The van der Waals surface area contributed by atoms with Gasteiger partial charge in [0.1, 0.15) is 0 Å². The van der Waals surface area contributed by atoms with E-state index in [9.17, 15) is 4.79 Å². The van der Waals surface area contributed by atoms with Crippen LogP contribution in [0.3, 0.4) is 0 Å². The van der Waals surface area contributed by atoms with Crippen LogP contribution in [0, 0.1) is 0 Å². The van der Waals surface area contributed by atoms with Crippen LogP contribution in [-0.4, -0.2) is 10.5 Å². The van der Waals surface area contributed by atoms with Crippen molar-refractivity contribution in [1.82, 2.24) is 4.57 Å². The zero-order valence-corrected chi connectivity index (χ0v) is 15.1. The Morgan fingerprint density at radius 1 is 1.08 bits per heavy atom. The number of aromatic nitrogens is 1. The van der Waals surface area contributed by atoms with Crippen LogP contribution in [0.1, 0.15) is 17.3 Å². The van der Waals surface area contributed by atoms with Crippen LogP contribution in [0.4, 0.5) is 0 Å². The number of hydrogen-bond donors (Lipinski definition) is 0. The van der Waals surface area contributed by atoms with Gasteiger partial charge in [0.25, 0.3) is 5.91 Å². The Morgan fingerprint density at radius 3 is 2.68 bits per heavy atom. The lowest BCUT2D eigenvalue weighted by Gasteiger charge is -2.01. The average molecular weight is 367 g/mol. The molecule has 0 N–H and O–H groups in total. The Morgan fingerprint density at radius 2 is 1.88 bits per heavy atom. The minimum absolute atomic E-state index is 0.231. The number of halogens is 1. The number of amides is 1. The molecule has 0 aliphatic carbocycles. The minimum Gasteiger partial charge on any atom is -0.317 e. The van der Waals surface area contributed by atoms with E-state index in [1.165, 1.54) is 11.3 Å². The summed E-state index contributed by atoms with van der Waals surface area (Å²) in [5.41, 5.74) is 1.64. The molecule has 3 aromatic carbocycles. The van der Waals surface area contributed by atoms with E-state index in [0.717, 1.165) is 27.5 Å². The van der Waals surface area contributed by atoms with Crippen molar-refractivity contribution in [3.8, 4) is 0 Å². The normalized spacial score (nSPS) is 12.2. The first-order chi connectivity index (χ1) is 12.2. The van der Waals surface area contributed by atoms with Crippen molar-refractivity contribution in [2.45, 2.75) is 13.5 Å². The highest BCUT2D eigenvalue weighted by atomic mass is 35.5. The summed E-state index contributed by atoms with van der Waals surface area (Å²) < 4.78 is 3.06. The standard InChI is InChI=1S/C20H15ClN2OS/c1-2-23-17-10-9-16(21)12-18(17)25-20(23)22-19(24)15-8-7-13-5-3-4-6-14(13)11-15/h3-12H,2H2,1H3. The molecule has 0 radical (unpaired) electrons. The second-order valence-corrected chi connectivity index (χ2v) is 7.17. The Balaban J connectivity index is 1.83. The number of carbonyl (C=O) groups is 1. The van der Waals surface area contributed by atoms with Gasteiger partial charge in [-0.3, -0.25) is 4.79 Å². The summed E-state index contributed by atoms with van der Waals surface area (Å²) in [5, 5.41) is 2.83. The number of carbonyl (C=O) groups excluding carboxylic acids is 1. The number of nitrogens with zero attached hydrogens (tertiary/aromatic N) is 2. The van der Waals surface area contributed by atoms with Gasteiger partial charge in [0.05, 0.1) is 10.2 Å². The predicted molar refractivity (Wildman–Crippen MR) is 104 cm³/mol. The topological polar surface area (TPSA) is 34.4 Å². The SMILES string of the molecule is CCn1c(=NC(=O)c2ccc3ccccc3c2)sc2cc(Cl)ccc21. The van der Waals surface area contributed by atoms with Crippen molar-refractivity contribution in [3.63, 3.8) is 0 Å². The van der Waals surface area contributed by atoms with Gasteiger partial charge in [0.15, 0.2) is 4.80 Å². The van der Waals surface area contributed by atoms with E-state index in [1.807, 2.05) is 72.2 Å². The average Bonchev–Trinajstić information content (AvgIpc) is 2.97. The second kappa shape index (κ2) is 6.47. The maximum atomic E-state index is 12.7. The first-order valence-corrected chi connectivity index (χ1v) is 9.22. The maximum absolute atomic E-state index is 12.7. The highest BCUT2D eigenvalue weighted by Crippen LogP contribution is 2.22. The van der Waals surface area contributed by atoms with Gasteiger partial charge in [-0.1, -0.05) is 53.3 Å². The molecule has 4 rings (SSSR count). The van der Waals surface area contributed by atoms with Gasteiger partial charge < -0.3 is 4.57 Å². The van der Waals surface area contributed by atoms with Gasteiger partial charge in [0, 0.05) is 17.1 Å². The van der Waals surface area contributed by atoms with Crippen molar-refractivity contribution in [1.29, 1.82) is 0 Å². The van der Waals surface area contributed by atoms with Crippen molar-refractivity contribution in [3.05, 3.63) is 76.1 Å². The summed E-state index contributed by atoms with van der Waals surface area (Å²) in [5.74, 6) is -0.231. The largest absolute Gasteiger partial charge is 0.317 e. The van der Waals surface area contributed by atoms with Crippen LogP contribution in [0.5, 0.6) is 0 Å². The van der Waals surface area contributed by atoms with E-state index in [1.54, 1.807) is 0 Å². The molecule has 0 spiro atoms. The molecule has 0 saturated carbocycles. The van der Waals surface area contributed by atoms with Crippen LogP contribution in [0.25, 0.3) is 21.0 Å². The third-order valence-electron chi connectivity index (χ3n) is 4.15. The van der Waals surface area contributed by atoms with E-state index in [-0.39, 0.29) is 5.91 Å². The fourth-order valence-corrected chi connectivity index (χ4v) is 4.28. The smallest absolute Gasteiger partial charge is 0.279 e. The summed E-state index contributed by atoms with van der Waals surface area (Å²) in [4.78, 5) is 17.7. The lowest BCUT2D eigenvalue weighted by molar-refractivity contribution is 0.0998. The zero-order chi connectivity index (χ0) is 17.4. The van der Waals surface area contributed by atoms with Gasteiger partial charge in [-0.15, -0.1) is 0 Å². The molecule has 4 aromatic rings. The second-order valence-electron chi connectivity index (χ2n) is 5.72. The quantitative estimate of drug-likeness (QED) is 0.475. The van der Waals surface area contributed by atoms with Crippen LogP contribution < -0.4 is 4.80 Å². The Kier molecular flexibility index (Phi) is 4.15. The lowest BCUT2D eigenvalue weighted by Crippen LogP contribution is -2.15. The molecule has 0 atom stereocenters. The molecular formula is C20H15ClN2OS. The van der Waals surface area contributed by atoms with Crippen LogP contribution in [0.15, 0.2) is 65.7 Å². The van der Waals surface area contributed by atoms with Gasteiger partial charge in [-0.05, 0) is 48.0 Å². The fraction of sp³-hybridized carbons (Fsp3) is 0.100. The molecule has 1 amide bonds. The molecule has 1 heterocycles. The molecule has 5 heteroatoms. The summed E-state index contributed by atoms with van der Waals surface area (Å²) in [6, 6.07) is 19.4. The van der Waals surface area contributed by atoms with Crippen molar-refractivity contribution < 1.29 is 4.79 Å². The Bertz CT molecular complexity index is 1170. The summed E-state index contributed by atoms with van der Waals surface area (Å²) in [7, 11) is 0. The molecule has 25 heavy (non-hydrogen) atoms. The molecule has 0 unspecified atom stereocenters. The lowest BCUT2D eigenvalue weighted by atomic mass is 10.1. The van der Waals surface area contributed by atoms with Crippen molar-refractivity contribution in [2.75, 3.05) is 0 Å². The van der Waals surface area contributed by atoms with Crippen LogP contribution in [0.2, 0.25) is 5.02 Å². The number of fused-ring (bicyclic) bond motifs is 2. The molecule has 0 aliphatic rings. The number of hydrogen-bond acceptors (Lipinski definition) is 2. The molecule has 0 fully saturated rings. The van der Waals surface area contributed by atoms with Gasteiger partial charge in [0.2, 0.25) is 0 Å². The molecule has 0 saturated heterocycles. The third kappa shape index (κ3) is 2.99. The fourth-order valence-electron chi connectivity index (χ4n) is 2.91. The highest BCUT2D eigenvalue weighted by Gasteiger charge is 2.09. The summed E-state index contributed by atoms with van der Waals surface area (Å²) in [6.07, 6.45) is 0. The number of rotatable bonds is 2. The molecule has 124 valence electrons. The van der Waals surface area contributed by atoms with Crippen molar-refractivity contribution in [2.24, 2.45) is 4.99 Å². The summed E-state index contributed by atoms with van der Waals surface area (Å²) in [6.45, 7) is 2.78. The summed E-state index contributed by atoms with van der Waals surface area (Å²) >= 11 is 7.56. The minimum atomic E-state index is -0.231. The first kappa shape index (κ1) is 16.1. The first-order valence-electron chi connectivity index (χ1n) is 8.02. The van der Waals surface area contributed by atoms with Crippen molar-refractivity contribution >= 4 is 49.8 Å². The Labute approximate surface area is 153 Å². The monoisotopic (exact) mass is 366 g/mol. The van der Waals surface area contributed by atoms with E-state index in [0.29, 0.717) is 15.4 Å². The highest BCUT2D eigenvalue weighted by molar-refractivity contribution is 7.16. The predicted octanol–water partition coefficient (Wildman–Crippen LogP) is 5.27. The van der Waals surface area contributed by atoms with E-state index in [4.69, 9.17) is 11.6 Å². The zero-order valence-electron chi connectivity index (χ0n) is 13.6.